The average molecular weight is 223 g/mol. The summed E-state index contributed by atoms with van der Waals surface area (Å²) in [4.78, 5) is 1.93. The van der Waals surface area contributed by atoms with E-state index in [2.05, 4.69) is 0 Å². The summed E-state index contributed by atoms with van der Waals surface area (Å²) in [5.74, 6) is 0. The lowest BCUT2D eigenvalue weighted by atomic mass is 10.4. The Labute approximate surface area is 92.3 Å². The van der Waals surface area contributed by atoms with Crippen LogP contribution >= 0.6 is 0 Å². The lowest BCUT2D eigenvalue weighted by molar-refractivity contribution is -0.0177. The molecule has 0 aliphatic rings. The van der Waals surface area contributed by atoms with Gasteiger partial charge in [0.2, 0.25) is 0 Å². The molecule has 0 bridgehead atoms. The van der Waals surface area contributed by atoms with Crippen molar-refractivity contribution in [2.45, 2.75) is 26.1 Å². The molecule has 0 aromatic heterocycles. The topological polar surface area (TPSA) is 73.2 Å². The van der Waals surface area contributed by atoms with E-state index in [1.165, 1.54) is 0 Å². The lowest BCUT2D eigenvalue weighted by Crippen LogP contribution is -2.19. The van der Waals surface area contributed by atoms with E-state index in [1.54, 1.807) is 13.8 Å². The van der Waals surface area contributed by atoms with Gasteiger partial charge in [0.25, 0.3) is 0 Å². The van der Waals surface area contributed by atoms with Gasteiger partial charge in [-0.1, -0.05) is 0 Å². The monoisotopic (exact) mass is 223 g/mol. The molecular weight excluding hydrogens is 198 g/mol. The number of ether oxygens (including phenoxy) is 1. The first-order chi connectivity index (χ1) is 6.93. The molecular formula is C10H25NO4. The highest BCUT2D eigenvalue weighted by Gasteiger charge is 2.00. The molecule has 0 saturated carbocycles. The van der Waals surface area contributed by atoms with Gasteiger partial charge in [-0.2, -0.15) is 0 Å². The third-order valence-electron chi connectivity index (χ3n) is 1.43. The zero-order valence-electron chi connectivity index (χ0n) is 10.2. The van der Waals surface area contributed by atoms with Crippen LogP contribution in [0.4, 0.5) is 0 Å². The Balaban J connectivity index is 0. The van der Waals surface area contributed by atoms with Gasteiger partial charge in [0.15, 0.2) is 0 Å². The molecule has 0 aromatic rings. The van der Waals surface area contributed by atoms with Crippen molar-refractivity contribution in [2.24, 2.45) is 0 Å². The number of hydrogen-bond acceptors (Lipinski definition) is 5. The predicted octanol–water partition coefficient (Wildman–Crippen LogP) is -0.695. The van der Waals surface area contributed by atoms with Crippen LogP contribution in [-0.2, 0) is 4.74 Å². The van der Waals surface area contributed by atoms with E-state index in [4.69, 9.17) is 20.1 Å². The quantitative estimate of drug-likeness (QED) is 0.555. The van der Waals surface area contributed by atoms with Crippen molar-refractivity contribution in [3.63, 3.8) is 0 Å². The van der Waals surface area contributed by atoms with Crippen LogP contribution in [0.3, 0.4) is 0 Å². The molecule has 2 unspecified atom stereocenters. The first-order valence-electron chi connectivity index (χ1n) is 5.10. The van der Waals surface area contributed by atoms with E-state index in [-0.39, 0.29) is 19.3 Å². The lowest BCUT2D eigenvalue weighted by Gasteiger charge is -2.10. The molecule has 0 radical (unpaired) electrons. The molecule has 0 amide bonds. The summed E-state index contributed by atoms with van der Waals surface area (Å²) in [5.41, 5.74) is 0. The standard InChI is InChI=1S/C6H14O3.C4H11NO/c1-5(8)4-9-6(2)3-7;1-5(2)3-4-6/h5-8H,3-4H2,1-2H3;6H,3-4H2,1-2H3. The molecule has 0 rings (SSSR count). The molecule has 0 aliphatic heterocycles. The molecule has 3 N–H and O–H groups in total. The Hall–Kier alpha value is -0.200. The predicted molar refractivity (Wildman–Crippen MR) is 59.8 cm³/mol. The maximum atomic E-state index is 8.69. The Bertz CT molecular complexity index is 120. The minimum absolute atomic E-state index is 0.00667. The minimum Gasteiger partial charge on any atom is -0.395 e. The summed E-state index contributed by atoms with van der Waals surface area (Å²) in [7, 11) is 3.85. The fraction of sp³-hybridized carbons (Fsp3) is 1.00. The first kappa shape index (κ1) is 17.2. The van der Waals surface area contributed by atoms with Crippen molar-refractivity contribution in [3.05, 3.63) is 0 Å². The van der Waals surface area contributed by atoms with Crippen molar-refractivity contribution >= 4 is 0 Å². The Morgan fingerprint density at radius 1 is 1.20 bits per heavy atom. The van der Waals surface area contributed by atoms with Gasteiger partial charge in [-0.05, 0) is 27.9 Å². The SMILES string of the molecule is CC(O)COC(C)CO.CN(C)CCO. The summed E-state index contributed by atoms with van der Waals surface area (Å²) in [6.45, 7) is 4.72. The summed E-state index contributed by atoms with van der Waals surface area (Å²) < 4.78 is 4.95. The highest BCUT2D eigenvalue weighted by atomic mass is 16.5. The van der Waals surface area contributed by atoms with Crippen LogP contribution in [0.5, 0.6) is 0 Å². The molecule has 0 heterocycles. The summed E-state index contributed by atoms with van der Waals surface area (Å²) in [5, 5.41) is 25.3. The molecule has 0 spiro atoms. The van der Waals surface area contributed by atoms with Crippen LogP contribution in [0.2, 0.25) is 0 Å². The van der Waals surface area contributed by atoms with Crippen LogP contribution in [-0.4, -0.2) is 72.9 Å². The van der Waals surface area contributed by atoms with E-state index in [0.29, 0.717) is 6.61 Å². The van der Waals surface area contributed by atoms with E-state index in [0.717, 1.165) is 6.54 Å². The van der Waals surface area contributed by atoms with Gasteiger partial charge < -0.3 is 25.0 Å². The molecule has 2 atom stereocenters. The zero-order chi connectivity index (χ0) is 12.3. The van der Waals surface area contributed by atoms with E-state index < -0.39 is 6.10 Å². The van der Waals surface area contributed by atoms with Gasteiger partial charge >= 0.3 is 0 Å². The zero-order valence-corrected chi connectivity index (χ0v) is 10.2. The minimum atomic E-state index is -0.445. The molecule has 0 aliphatic carbocycles. The van der Waals surface area contributed by atoms with Crippen LogP contribution in [0.1, 0.15) is 13.8 Å². The highest BCUT2D eigenvalue weighted by molar-refractivity contribution is 4.47. The van der Waals surface area contributed by atoms with Crippen LogP contribution in [0, 0.1) is 0 Å². The van der Waals surface area contributed by atoms with Crippen molar-refractivity contribution in [2.75, 3.05) is 40.5 Å². The van der Waals surface area contributed by atoms with Crippen LogP contribution < -0.4 is 0 Å². The summed E-state index contributed by atoms with van der Waals surface area (Å²) >= 11 is 0. The Morgan fingerprint density at radius 2 is 1.73 bits per heavy atom. The number of likely N-dealkylation sites (N-methyl/N-ethyl adjacent to an activating group) is 1. The fourth-order valence-corrected chi connectivity index (χ4v) is 0.556. The average Bonchev–Trinajstić information content (AvgIpc) is 2.14. The van der Waals surface area contributed by atoms with Crippen molar-refractivity contribution in [1.82, 2.24) is 4.90 Å². The number of hydrogen-bond donors (Lipinski definition) is 3. The molecule has 94 valence electrons. The normalized spacial score (nSPS) is 14.4. The van der Waals surface area contributed by atoms with Crippen LogP contribution in [0.15, 0.2) is 0 Å². The van der Waals surface area contributed by atoms with Gasteiger partial charge in [0.05, 0.1) is 32.0 Å². The molecule has 15 heavy (non-hydrogen) atoms. The third-order valence-corrected chi connectivity index (χ3v) is 1.43. The number of aliphatic hydroxyl groups excluding tert-OH is 3. The maximum Gasteiger partial charge on any atom is 0.0779 e. The van der Waals surface area contributed by atoms with Crippen molar-refractivity contribution in [1.29, 1.82) is 0 Å². The Kier molecular flexibility index (Phi) is 13.6. The maximum absolute atomic E-state index is 8.69. The van der Waals surface area contributed by atoms with Gasteiger partial charge in [0.1, 0.15) is 0 Å². The number of rotatable bonds is 6. The fourth-order valence-electron chi connectivity index (χ4n) is 0.556. The summed E-state index contributed by atoms with van der Waals surface area (Å²) in [6.07, 6.45) is -0.612. The molecule has 5 heteroatoms. The van der Waals surface area contributed by atoms with E-state index >= 15 is 0 Å². The van der Waals surface area contributed by atoms with Crippen molar-refractivity contribution < 1.29 is 20.1 Å². The largest absolute Gasteiger partial charge is 0.395 e. The second kappa shape index (κ2) is 11.9. The second-order valence-electron chi connectivity index (χ2n) is 3.70. The Morgan fingerprint density at radius 3 is 1.93 bits per heavy atom. The van der Waals surface area contributed by atoms with Gasteiger partial charge in [0, 0.05) is 6.54 Å². The second-order valence-corrected chi connectivity index (χ2v) is 3.70. The highest BCUT2D eigenvalue weighted by Crippen LogP contribution is 1.90. The van der Waals surface area contributed by atoms with Crippen LogP contribution in [0.25, 0.3) is 0 Å². The third kappa shape index (κ3) is 20.0. The molecule has 0 aromatic carbocycles. The molecule has 0 saturated heterocycles. The smallest absolute Gasteiger partial charge is 0.0779 e. The summed E-state index contributed by atoms with van der Waals surface area (Å²) in [6, 6.07) is 0. The number of nitrogens with zero attached hydrogens (tertiary/aromatic N) is 1. The van der Waals surface area contributed by atoms with E-state index in [9.17, 15) is 0 Å². The van der Waals surface area contributed by atoms with Crippen molar-refractivity contribution in [3.8, 4) is 0 Å². The van der Waals surface area contributed by atoms with Gasteiger partial charge in [-0.15, -0.1) is 0 Å². The van der Waals surface area contributed by atoms with Gasteiger partial charge in [-0.3, -0.25) is 0 Å². The number of aliphatic hydroxyl groups is 3. The first-order valence-corrected chi connectivity index (χ1v) is 5.10. The molecule has 5 nitrogen and oxygen atoms in total. The molecule has 0 fully saturated rings. The van der Waals surface area contributed by atoms with E-state index in [1.807, 2.05) is 19.0 Å². The van der Waals surface area contributed by atoms with Gasteiger partial charge in [-0.25, -0.2) is 0 Å².